The molecule has 5 saturated carbocycles. The quantitative estimate of drug-likeness (QED) is 0.812. The Labute approximate surface area is 176 Å². The Hall–Kier alpha value is -2.15. The van der Waals surface area contributed by atoms with Gasteiger partial charge < -0.3 is 10.4 Å². The van der Waals surface area contributed by atoms with Crippen LogP contribution in [0.1, 0.15) is 80.6 Å². The third-order valence-electron chi connectivity index (χ3n) is 8.19. The number of carbonyl (C=O) groups is 1. The first kappa shape index (κ1) is 18.6. The van der Waals surface area contributed by atoms with Gasteiger partial charge >= 0.3 is 0 Å². The molecule has 160 valence electrons. The second kappa shape index (κ2) is 6.94. The Kier molecular flexibility index (Phi) is 4.30. The molecule has 2 aromatic heterocycles. The van der Waals surface area contributed by atoms with Crippen LogP contribution in [0.25, 0.3) is 5.82 Å². The van der Waals surface area contributed by atoms with Crippen molar-refractivity contribution in [3.8, 4) is 5.82 Å². The van der Waals surface area contributed by atoms with Crippen LogP contribution in [0.4, 0.5) is 0 Å². The van der Waals surface area contributed by atoms with Crippen molar-refractivity contribution in [1.29, 1.82) is 0 Å². The van der Waals surface area contributed by atoms with Crippen molar-refractivity contribution >= 4 is 5.91 Å². The first-order chi connectivity index (χ1) is 14.6. The molecule has 5 aliphatic carbocycles. The third kappa shape index (κ3) is 3.01. The fourth-order valence-corrected chi connectivity index (χ4v) is 7.18. The number of aromatic nitrogens is 4. The van der Waals surface area contributed by atoms with Gasteiger partial charge in [0.25, 0.3) is 5.91 Å². The zero-order chi connectivity index (χ0) is 20.3. The van der Waals surface area contributed by atoms with Crippen LogP contribution in [-0.2, 0) is 0 Å². The lowest BCUT2D eigenvalue weighted by Crippen LogP contribution is -2.61. The smallest absolute Gasteiger partial charge is 0.256 e. The molecule has 5 aliphatic rings. The van der Waals surface area contributed by atoms with Crippen molar-refractivity contribution in [2.45, 2.75) is 81.9 Å². The van der Waals surface area contributed by atoms with Crippen molar-refractivity contribution in [3.05, 3.63) is 30.2 Å². The Balaban J connectivity index is 1.29. The highest BCUT2D eigenvalue weighted by atomic mass is 16.3. The molecule has 7 rings (SSSR count). The first-order valence-electron chi connectivity index (χ1n) is 11.7. The number of carbonyl (C=O) groups excluding carboxylic acids is 1. The summed E-state index contributed by atoms with van der Waals surface area (Å²) in [7, 11) is 0. The Morgan fingerprint density at radius 1 is 1.10 bits per heavy atom. The van der Waals surface area contributed by atoms with E-state index in [1.807, 2.05) is 16.9 Å². The SMILES string of the molecule is O=C(NC1[C@@H]2CC3C[C@H]1CC(O)(C3)C2)c1cnn(C2CCCCC2)c1-n1cccn1. The van der Waals surface area contributed by atoms with Crippen molar-refractivity contribution < 1.29 is 9.90 Å². The van der Waals surface area contributed by atoms with Crippen LogP contribution in [0.2, 0.25) is 0 Å². The lowest BCUT2D eigenvalue weighted by atomic mass is 9.52. The Morgan fingerprint density at radius 3 is 2.53 bits per heavy atom. The van der Waals surface area contributed by atoms with Crippen molar-refractivity contribution in [2.75, 3.05) is 0 Å². The molecule has 0 aromatic carbocycles. The van der Waals surface area contributed by atoms with Crippen molar-refractivity contribution in [1.82, 2.24) is 24.9 Å². The summed E-state index contributed by atoms with van der Waals surface area (Å²) < 4.78 is 3.82. The molecule has 2 heterocycles. The maximum atomic E-state index is 13.5. The van der Waals surface area contributed by atoms with Gasteiger partial charge in [0.15, 0.2) is 5.82 Å². The molecule has 0 radical (unpaired) electrons. The zero-order valence-electron chi connectivity index (χ0n) is 17.4. The highest BCUT2D eigenvalue weighted by molar-refractivity contribution is 5.97. The predicted octanol–water partition coefficient (Wildman–Crippen LogP) is 3.24. The topological polar surface area (TPSA) is 85.0 Å². The van der Waals surface area contributed by atoms with Gasteiger partial charge in [-0.15, -0.1) is 0 Å². The first-order valence-corrected chi connectivity index (χ1v) is 11.7. The molecule has 0 spiro atoms. The van der Waals surface area contributed by atoms with E-state index in [4.69, 9.17) is 0 Å². The highest BCUT2D eigenvalue weighted by Gasteiger charge is 2.55. The molecule has 5 fully saturated rings. The van der Waals surface area contributed by atoms with Gasteiger partial charge in [0.1, 0.15) is 5.56 Å². The van der Waals surface area contributed by atoms with Gasteiger partial charge in [0, 0.05) is 18.4 Å². The number of hydrogen-bond acceptors (Lipinski definition) is 4. The van der Waals surface area contributed by atoms with Crippen LogP contribution in [0.3, 0.4) is 0 Å². The lowest BCUT2D eigenvalue weighted by molar-refractivity contribution is -0.136. The summed E-state index contributed by atoms with van der Waals surface area (Å²) in [6.45, 7) is 0. The van der Waals surface area contributed by atoms with Gasteiger partial charge in [-0.1, -0.05) is 19.3 Å². The highest BCUT2D eigenvalue weighted by Crippen LogP contribution is 2.55. The third-order valence-corrected chi connectivity index (χ3v) is 8.19. The zero-order valence-corrected chi connectivity index (χ0v) is 17.4. The Morgan fingerprint density at radius 2 is 1.87 bits per heavy atom. The maximum absolute atomic E-state index is 13.5. The van der Waals surface area contributed by atoms with Gasteiger partial charge in [-0.25, -0.2) is 9.36 Å². The number of hydrogen-bond donors (Lipinski definition) is 2. The molecular formula is C23H31N5O2. The van der Waals surface area contributed by atoms with Crippen LogP contribution in [-0.4, -0.2) is 42.2 Å². The Bertz CT molecular complexity index is 914. The number of nitrogens with one attached hydrogen (secondary N) is 1. The van der Waals surface area contributed by atoms with Crippen LogP contribution >= 0.6 is 0 Å². The van der Waals surface area contributed by atoms with Crippen molar-refractivity contribution in [2.24, 2.45) is 17.8 Å². The van der Waals surface area contributed by atoms with Crippen LogP contribution in [0, 0.1) is 17.8 Å². The molecule has 0 saturated heterocycles. The van der Waals surface area contributed by atoms with E-state index in [2.05, 4.69) is 15.5 Å². The molecular weight excluding hydrogens is 378 g/mol. The van der Waals surface area contributed by atoms with E-state index in [0.29, 0.717) is 29.4 Å². The molecule has 2 aromatic rings. The van der Waals surface area contributed by atoms with Gasteiger partial charge in [-0.2, -0.15) is 10.2 Å². The molecule has 3 unspecified atom stereocenters. The number of rotatable bonds is 4. The average Bonchev–Trinajstić information content (AvgIpc) is 3.39. The molecule has 5 atom stereocenters. The van der Waals surface area contributed by atoms with Crippen LogP contribution < -0.4 is 5.32 Å². The van der Waals surface area contributed by atoms with E-state index in [1.54, 1.807) is 17.1 Å². The second-order valence-corrected chi connectivity index (χ2v) is 10.3. The standard InChI is InChI=1S/C23H31N5O2/c29-21(26-20-16-9-15-10-17(20)13-23(30,11-15)12-16)19-14-25-28(18-5-2-1-3-6-18)22(19)27-8-4-7-24-27/h4,7-8,14-18,20,30H,1-3,5-6,9-13H2,(H,26,29)/t15?,16-,17+,20?,23?. The maximum Gasteiger partial charge on any atom is 0.256 e. The summed E-state index contributed by atoms with van der Waals surface area (Å²) in [4.78, 5) is 13.5. The lowest BCUT2D eigenvalue weighted by Gasteiger charge is -2.58. The minimum absolute atomic E-state index is 0.0491. The molecule has 7 heteroatoms. The van der Waals surface area contributed by atoms with Gasteiger partial charge in [-0.05, 0) is 68.8 Å². The number of nitrogens with zero attached hydrogens (tertiary/aromatic N) is 4. The molecule has 7 nitrogen and oxygen atoms in total. The summed E-state index contributed by atoms with van der Waals surface area (Å²) in [5.74, 6) is 2.16. The molecule has 1 amide bonds. The normalized spacial score (nSPS) is 35.6. The molecule has 0 aliphatic heterocycles. The fourth-order valence-electron chi connectivity index (χ4n) is 7.18. The summed E-state index contributed by atoms with van der Waals surface area (Å²) in [6.07, 6.45) is 16.2. The van der Waals surface area contributed by atoms with E-state index in [9.17, 15) is 9.90 Å². The largest absolute Gasteiger partial charge is 0.390 e. The van der Waals surface area contributed by atoms with E-state index in [-0.39, 0.29) is 11.9 Å². The van der Waals surface area contributed by atoms with Crippen LogP contribution in [0.5, 0.6) is 0 Å². The van der Waals surface area contributed by atoms with Gasteiger partial charge in [0.2, 0.25) is 0 Å². The minimum atomic E-state index is -0.482. The molecule has 2 N–H and O–H groups in total. The fraction of sp³-hybridized carbons (Fsp3) is 0.696. The van der Waals surface area contributed by atoms with Crippen molar-refractivity contribution in [3.63, 3.8) is 0 Å². The monoisotopic (exact) mass is 409 g/mol. The molecule has 30 heavy (non-hydrogen) atoms. The average molecular weight is 410 g/mol. The number of amides is 1. The van der Waals surface area contributed by atoms with E-state index in [0.717, 1.165) is 50.8 Å². The minimum Gasteiger partial charge on any atom is -0.390 e. The summed E-state index contributed by atoms with van der Waals surface area (Å²) in [5, 5.41) is 23.3. The van der Waals surface area contributed by atoms with E-state index >= 15 is 0 Å². The summed E-state index contributed by atoms with van der Waals surface area (Å²) >= 11 is 0. The summed E-state index contributed by atoms with van der Waals surface area (Å²) in [6, 6.07) is 2.38. The second-order valence-electron chi connectivity index (χ2n) is 10.3. The summed E-state index contributed by atoms with van der Waals surface area (Å²) in [5.41, 5.74) is 0.126. The van der Waals surface area contributed by atoms with E-state index < -0.39 is 5.60 Å². The number of aliphatic hydroxyl groups is 1. The van der Waals surface area contributed by atoms with Gasteiger partial charge in [-0.3, -0.25) is 4.79 Å². The van der Waals surface area contributed by atoms with Gasteiger partial charge in [0.05, 0.1) is 17.8 Å². The molecule has 4 bridgehead atoms. The van der Waals surface area contributed by atoms with Crippen LogP contribution in [0.15, 0.2) is 24.7 Å². The predicted molar refractivity (Wildman–Crippen MR) is 111 cm³/mol. The van der Waals surface area contributed by atoms with E-state index in [1.165, 1.54) is 19.3 Å².